The number of rotatable bonds is 8. The van der Waals surface area contributed by atoms with Gasteiger partial charge in [0.25, 0.3) is 0 Å². The number of alkyl halides is 5. The molecule has 3 aliphatic carbocycles. The van der Waals surface area contributed by atoms with E-state index >= 15 is 0 Å². The van der Waals surface area contributed by atoms with Crippen LogP contribution in [0.3, 0.4) is 0 Å². The first-order valence-corrected chi connectivity index (χ1v) is 18.8. The molecule has 5 atom stereocenters. The first-order valence-electron chi connectivity index (χ1n) is 17.6. The summed E-state index contributed by atoms with van der Waals surface area (Å²) in [5, 5.41) is 23.1. The normalized spacial score (nSPS) is 29.7. The van der Waals surface area contributed by atoms with E-state index in [2.05, 4.69) is 62.4 Å². The van der Waals surface area contributed by atoms with E-state index < -0.39 is 41.9 Å². The SMILES string of the molecule is CCC(O)(CCC1CCC(c2ccc(-c3ccc(SC)cc3)cc2)C2=C3CCC4(CC3(O)CCC21)OCC(C)(C)CO4)C(F)(F)C(F)(F)F. The molecule has 0 aromatic heterocycles. The quantitative estimate of drug-likeness (QED) is 0.162. The van der Waals surface area contributed by atoms with Gasteiger partial charge >= 0.3 is 12.1 Å². The number of allylic oxidation sites excluding steroid dienone is 1. The summed E-state index contributed by atoms with van der Waals surface area (Å²) >= 11 is 1.69. The van der Waals surface area contributed by atoms with Gasteiger partial charge in [-0.25, -0.2) is 0 Å². The molecule has 2 N–H and O–H groups in total. The highest BCUT2D eigenvalue weighted by molar-refractivity contribution is 7.98. The van der Waals surface area contributed by atoms with Crippen molar-refractivity contribution in [2.45, 2.75) is 125 Å². The predicted octanol–water partition coefficient (Wildman–Crippen LogP) is 10.1. The fraction of sp³-hybridized carbons (Fsp3) is 0.641. The Bertz CT molecular complexity index is 1510. The molecule has 1 saturated heterocycles. The molecule has 5 unspecified atom stereocenters. The number of benzene rings is 2. The van der Waals surface area contributed by atoms with Gasteiger partial charge < -0.3 is 19.7 Å². The summed E-state index contributed by atoms with van der Waals surface area (Å²) in [6.07, 6.45) is -1.40. The highest BCUT2D eigenvalue weighted by atomic mass is 32.2. The van der Waals surface area contributed by atoms with E-state index in [1.54, 1.807) is 11.8 Å². The molecule has 4 nitrogen and oxygen atoms in total. The summed E-state index contributed by atoms with van der Waals surface area (Å²) in [5.74, 6) is -6.42. The zero-order valence-electron chi connectivity index (χ0n) is 28.8. The van der Waals surface area contributed by atoms with Crippen LogP contribution in [0.2, 0.25) is 0 Å². The highest BCUT2D eigenvalue weighted by Gasteiger charge is 2.69. The van der Waals surface area contributed by atoms with Gasteiger partial charge in [-0.1, -0.05) is 62.7 Å². The molecule has 1 heterocycles. The van der Waals surface area contributed by atoms with E-state index in [0.717, 1.165) is 27.8 Å². The molecule has 3 fully saturated rings. The summed E-state index contributed by atoms with van der Waals surface area (Å²) in [6.45, 7) is 6.39. The van der Waals surface area contributed by atoms with Crippen molar-refractivity contribution in [2.24, 2.45) is 17.3 Å². The average molecular weight is 709 g/mol. The number of ether oxygens (including phenoxy) is 2. The zero-order valence-corrected chi connectivity index (χ0v) is 29.7. The van der Waals surface area contributed by atoms with Crippen molar-refractivity contribution in [3.63, 3.8) is 0 Å². The fourth-order valence-corrected chi connectivity index (χ4v) is 9.33. The van der Waals surface area contributed by atoms with Crippen molar-refractivity contribution in [3.05, 3.63) is 65.2 Å². The van der Waals surface area contributed by atoms with Crippen LogP contribution in [0.5, 0.6) is 0 Å². The van der Waals surface area contributed by atoms with Crippen LogP contribution in [-0.4, -0.2) is 58.8 Å². The Hall–Kier alpha value is -1.98. The van der Waals surface area contributed by atoms with Crippen molar-refractivity contribution in [1.82, 2.24) is 0 Å². The maximum absolute atomic E-state index is 14.6. The summed E-state index contributed by atoms with van der Waals surface area (Å²) in [7, 11) is 0. The van der Waals surface area contributed by atoms with Crippen LogP contribution in [0.25, 0.3) is 11.1 Å². The Kier molecular flexibility index (Phi) is 9.92. The van der Waals surface area contributed by atoms with Crippen LogP contribution in [-0.2, 0) is 9.47 Å². The van der Waals surface area contributed by atoms with Crippen molar-refractivity contribution in [3.8, 4) is 11.1 Å². The van der Waals surface area contributed by atoms with E-state index in [-0.39, 0.29) is 29.6 Å². The molecule has 10 heteroatoms. The predicted molar refractivity (Wildman–Crippen MR) is 182 cm³/mol. The van der Waals surface area contributed by atoms with Crippen molar-refractivity contribution < 1.29 is 41.6 Å². The van der Waals surface area contributed by atoms with Crippen LogP contribution < -0.4 is 0 Å². The maximum Gasteiger partial charge on any atom is 0.456 e. The Morgan fingerprint density at radius 1 is 0.878 bits per heavy atom. The third kappa shape index (κ3) is 6.86. The first-order chi connectivity index (χ1) is 23.0. The molecule has 2 aromatic rings. The summed E-state index contributed by atoms with van der Waals surface area (Å²) < 4.78 is 82.1. The van der Waals surface area contributed by atoms with Crippen molar-refractivity contribution in [1.29, 1.82) is 0 Å². The van der Waals surface area contributed by atoms with Crippen molar-refractivity contribution in [2.75, 3.05) is 19.5 Å². The Morgan fingerprint density at radius 2 is 1.49 bits per heavy atom. The Labute approximate surface area is 290 Å². The molecule has 2 aromatic carbocycles. The second-order valence-electron chi connectivity index (χ2n) is 15.7. The van der Waals surface area contributed by atoms with Crippen molar-refractivity contribution >= 4 is 11.8 Å². The first kappa shape index (κ1) is 36.8. The smallest absolute Gasteiger partial charge is 0.385 e. The lowest BCUT2D eigenvalue weighted by atomic mass is 9.56. The van der Waals surface area contributed by atoms with Gasteiger partial charge in [0.15, 0.2) is 5.79 Å². The standard InChI is InChI=1S/C39H49F5O4S/c1-5-36(46,38(40,41)39(42,43)44)20-16-28-12-15-30(27-8-6-25(7-9-27)26-10-13-29(49-4)14-11-26)33-31(28)17-19-35(45)22-37(21-18-32(33)35)47-23-34(2,3)24-48-37/h6-11,13-14,28,30-31,45-46H,5,12,15-24H2,1-4H3. The van der Waals surface area contributed by atoms with Crippen LogP contribution in [0.1, 0.15) is 96.5 Å². The molecule has 0 bridgehead atoms. The van der Waals surface area contributed by atoms with E-state index in [1.807, 2.05) is 6.26 Å². The molecule has 1 aliphatic heterocycles. The maximum atomic E-state index is 14.6. The monoisotopic (exact) mass is 708 g/mol. The van der Waals surface area contributed by atoms with Gasteiger partial charge in [-0.15, -0.1) is 11.8 Å². The molecular formula is C39H49F5O4S. The van der Waals surface area contributed by atoms with Crippen LogP contribution in [0, 0.1) is 17.3 Å². The lowest BCUT2D eigenvalue weighted by Crippen LogP contribution is -2.57. The number of fused-ring (bicyclic) bond motifs is 2. The number of hydrogen-bond donors (Lipinski definition) is 2. The molecule has 4 aliphatic rings. The molecule has 0 amide bonds. The van der Waals surface area contributed by atoms with E-state index in [0.29, 0.717) is 58.2 Å². The number of hydrogen-bond acceptors (Lipinski definition) is 5. The number of thioether (sulfide) groups is 1. The lowest BCUT2D eigenvalue weighted by Gasteiger charge is -2.55. The van der Waals surface area contributed by atoms with E-state index in [9.17, 15) is 32.2 Å². The van der Waals surface area contributed by atoms with Gasteiger partial charge in [0.1, 0.15) is 5.60 Å². The minimum Gasteiger partial charge on any atom is -0.385 e. The Morgan fingerprint density at radius 3 is 2.06 bits per heavy atom. The second kappa shape index (κ2) is 13.2. The zero-order chi connectivity index (χ0) is 35.5. The fourth-order valence-electron chi connectivity index (χ4n) is 8.92. The molecule has 0 radical (unpaired) electrons. The van der Waals surface area contributed by atoms with Gasteiger partial charge in [-0.3, -0.25) is 0 Å². The molecule has 6 rings (SSSR count). The third-order valence-electron chi connectivity index (χ3n) is 11.9. The molecule has 270 valence electrons. The largest absolute Gasteiger partial charge is 0.456 e. The van der Waals surface area contributed by atoms with Crippen LogP contribution in [0.15, 0.2) is 64.6 Å². The summed E-state index contributed by atoms with van der Waals surface area (Å²) in [4.78, 5) is 1.18. The minimum atomic E-state index is -5.84. The summed E-state index contributed by atoms with van der Waals surface area (Å²) in [6, 6.07) is 16.8. The van der Waals surface area contributed by atoms with Gasteiger partial charge in [0.05, 0.1) is 18.8 Å². The lowest BCUT2D eigenvalue weighted by molar-refractivity contribution is -0.344. The molecule has 49 heavy (non-hydrogen) atoms. The van der Waals surface area contributed by atoms with Gasteiger partial charge in [-0.2, -0.15) is 22.0 Å². The van der Waals surface area contributed by atoms with E-state index in [1.165, 1.54) is 11.8 Å². The molecule has 2 saturated carbocycles. The highest BCUT2D eigenvalue weighted by Crippen LogP contribution is 2.59. The van der Waals surface area contributed by atoms with Gasteiger partial charge in [-0.05, 0) is 104 Å². The third-order valence-corrected chi connectivity index (χ3v) is 12.7. The second-order valence-corrected chi connectivity index (χ2v) is 16.6. The average Bonchev–Trinajstić information content (AvgIpc) is 3.07. The van der Waals surface area contributed by atoms with Gasteiger partial charge in [0, 0.05) is 29.1 Å². The van der Waals surface area contributed by atoms with Crippen LogP contribution in [0.4, 0.5) is 22.0 Å². The minimum absolute atomic E-state index is 0.0288. The molecule has 1 spiro atoms. The number of aliphatic hydroxyl groups is 2. The van der Waals surface area contributed by atoms with Gasteiger partial charge in [0.2, 0.25) is 0 Å². The van der Waals surface area contributed by atoms with Crippen LogP contribution >= 0.6 is 11.8 Å². The molecular weight excluding hydrogens is 659 g/mol. The summed E-state index contributed by atoms with van der Waals surface area (Å²) in [5.41, 5.74) is 0.845. The van der Waals surface area contributed by atoms with E-state index in [4.69, 9.17) is 9.47 Å². The number of halogens is 5. The Balaban J connectivity index is 1.32. The topological polar surface area (TPSA) is 58.9 Å².